The van der Waals surface area contributed by atoms with Crippen LogP contribution in [0, 0.1) is 0 Å². The van der Waals surface area contributed by atoms with Crippen molar-refractivity contribution in [3.63, 3.8) is 0 Å². The van der Waals surface area contributed by atoms with Gasteiger partial charge in [-0.3, -0.25) is 0 Å². The van der Waals surface area contributed by atoms with Crippen LogP contribution in [0.25, 0.3) is 5.65 Å². The van der Waals surface area contributed by atoms with E-state index in [1.807, 2.05) is 0 Å². The summed E-state index contributed by atoms with van der Waals surface area (Å²) >= 11 is 1.41. The Morgan fingerprint density at radius 3 is 2.90 bits per heavy atom. The number of alkyl halides is 3. The zero-order valence-electron chi connectivity index (χ0n) is 10.1. The number of hydrogen-bond acceptors (Lipinski definition) is 3. The van der Waals surface area contributed by atoms with Crippen LogP contribution < -0.4 is 0 Å². The fourth-order valence-corrected chi connectivity index (χ4v) is 2.60. The number of fused-ring (bicyclic) bond motifs is 1. The maximum atomic E-state index is 12.7. The molecule has 0 saturated carbocycles. The fourth-order valence-electron chi connectivity index (χ4n) is 1.80. The van der Waals surface area contributed by atoms with Crippen LogP contribution in [0.3, 0.4) is 0 Å². The molecule has 20 heavy (non-hydrogen) atoms. The van der Waals surface area contributed by atoms with E-state index in [1.165, 1.54) is 16.2 Å². The minimum atomic E-state index is -4.43. The molecule has 3 aromatic heterocycles. The van der Waals surface area contributed by atoms with E-state index < -0.39 is 11.9 Å². The quantitative estimate of drug-likeness (QED) is 0.754. The standard InChI is InChI=1S/C12H9F3N4S/c13-12(14,15)9-6-19-5-1-2-8(10(19)18-9)7-20-11-16-3-4-17-11/h1-6H,7H2,(H,16,17). The number of H-pyrrole nitrogens is 1. The van der Waals surface area contributed by atoms with Gasteiger partial charge in [-0.15, -0.1) is 0 Å². The van der Waals surface area contributed by atoms with Gasteiger partial charge in [-0.1, -0.05) is 17.8 Å². The molecule has 1 N–H and O–H groups in total. The zero-order chi connectivity index (χ0) is 14.2. The molecule has 3 heterocycles. The van der Waals surface area contributed by atoms with Crippen LogP contribution in [-0.4, -0.2) is 19.4 Å². The summed E-state index contributed by atoms with van der Waals surface area (Å²) in [5.74, 6) is 0.492. The number of nitrogens with one attached hydrogen (secondary N) is 1. The van der Waals surface area contributed by atoms with Crippen molar-refractivity contribution in [3.05, 3.63) is 48.2 Å². The van der Waals surface area contributed by atoms with Gasteiger partial charge in [-0.25, -0.2) is 9.97 Å². The van der Waals surface area contributed by atoms with E-state index in [0.29, 0.717) is 11.4 Å². The number of imidazole rings is 2. The molecule has 104 valence electrons. The molecule has 0 aliphatic heterocycles. The first-order valence-electron chi connectivity index (χ1n) is 5.70. The molecule has 0 radical (unpaired) electrons. The third-order valence-corrected chi connectivity index (χ3v) is 3.64. The van der Waals surface area contributed by atoms with Gasteiger partial charge in [0.15, 0.2) is 10.9 Å². The Morgan fingerprint density at radius 2 is 2.20 bits per heavy atom. The lowest BCUT2D eigenvalue weighted by Gasteiger charge is -2.01. The summed E-state index contributed by atoms with van der Waals surface area (Å²) < 4.78 is 39.4. The lowest BCUT2D eigenvalue weighted by molar-refractivity contribution is -0.140. The Hall–Kier alpha value is -1.96. The number of nitrogens with zero attached hydrogens (tertiary/aromatic N) is 3. The Kier molecular flexibility index (Phi) is 3.17. The Morgan fingerprint density at radius 1 is 1.35 bits per heavy atom. The molecule has 0 fully saturated rings. The maximum Gasteiger partial charge on any atom is 0.434 e. The lowest BCUT2D eigenvalue weighted by Crippen LogP contribution is -2.04. The predicted molar refractivity (Wildman–Crippen MR) is 68.3 cm³/mol. The highest BCUT2D eigenvalue weighted by molar-refractivity contribution is 7.98. The van der Waals surface area contributed by atoms with Gasteiger partial charge in [0, 0.05) is 36.1 Å². The minimum Gasteiger partial charge on any atom is -0.340 e. The average Bonchev–Trinajstić information content (AvgIpc) is 3.04. The van der Waals surface area contributed by atoms with Crippen LogP contribution in [0.5, 0.6) is 0 Å². The molecule has 0 aliphatic rings. The van der Waals surface area contributed by atoms with E-state index in [-0.39, 0.29) is 0 Å². The number of aromatic amines is 1. The molecule has 4 nitrogen and oxygen atoms in total. The minimum absolute atomic E-state index is 0.318. The molecular weight excluding hydrogens is 289 g/mol. The van der Waals surface area contributed by atoms with E-state index in [9.17, 15) is 13.2 Å². The monoisotopic (exact) mass is 298 g/mol. The van der Waals surface area contributed by atoms with Crippen LogP contribution >= 0.6 is 11.8 Å². The van der Waals surface area contributed by atoms with Crippen molar-refractivity contribution in [3.8, 4) is 0 Å². The van der Waals surface area contributed by atoms with Crippen molar-refractivity contribution in [1.29, 1.82) is 0 Å². The molecule has 0 amide bonds. The van der Waals surface area contributed by atoms with E-state index in [4.69, 9.17) is 0 Å². The Bertz CT molecular complexity index is 718. The van der Waals surface area contributed by atoms with Crippen molar-refractivity contribution in [1.82, 2.24) is 19.4 Å². The molecule has 8 heteroatoms. The summed E-state index contributed by atoms with van der Waals surface area (Å²) in [4.78, 5) is 10.7. The molecule has 3 rings (SSSR count). The number of aromatic nitrogens is 4. The van der Waals surface area contributed by atoms with Crippen LogP contribution in [0.4, 0.5) is 13.2 Å². The summed E-state index contributed by atoms with van der Waals surface area (Å²) in [6.07, 6.45) is 1.44. The predicted octanol–water partition coefficient (Wildman–Crippen LogP) is 3.37. The summed E-state index contributed by atoms with van der Waals surface area (Å²) in [6, 6.07) is 3.46. The second-order valence-corrected chi connectivity index (χ2v) is 5.04. The molecule has 0 saturated heterocycles. The van der Waals surface area contributed by atoms with Gasteiger partial charge in [0.1, 0.15) is 5.65 Å². The van der Waals surface area contributed by atoms with Crippen molar-refractivity contribution >= 4 is 17.4 Å². The molecule has 0 atom stereocenters. The van der Waals surface area contributed by atoms with Crippen LogP contribution in [0.1, 0.15) is 11.3 Å². The van der Waals surface area contributed by atoms with Crippen LogP contribution in [-0.2, 0) is 11.9 Å². The van der Waals surface area contributed by atoms with E-state index in [2.05, 4.69) is 15.0 Å². The molecule has 0 unspecified atom stereocenters. The SMILES string of the molecule is FC(F)(F)c1cn2cccc(CSc3ncc[nH]3)c2n1. The summed E-state index contributed by atoms with van der Waals surface area (Å²) in [5, 5.41) is 0.717. The van der Waals surface area contributed by atoms with Crippen molar-refractivity contribution in [2.45, 2.75) is 17.1 Å². The van der Waals surface area contributed by atoms with Gasteiger partial charge < -0.3 is 9.38 Å². The smallest absolute Gasteiger partial charge is 0.340 e. The second-order valence-electron chi connectivity index (χ2n) is 4.07. The molecule has 0 bridgehead atoms. The largest absolute Gasteiger partial charge is 0.434 e. The number of hydrogen-bond donors (Lipinski definition) is 1. The number of pyridine rings is 1. The van der Waals surface area contributed by atoms with E-state index in [1.54, 1.807) is 30.7 Å². The molecule has 0 aromatic carbocycles. The van der Waals surface area contributed by atoms with Crippen molar-refractivity contribution < 1.29 is 13.2 Å². The first kappa shape index (κ1) is 13.0. The van der Waals surface area contributed by atoms with E-state index >= 15 is 0 Å². The molecule has 0 aliphatic carbocycles. The normalized spacial score (nSPS) is 12.2. The molecule has 0 spiro atoms. The summed E-state index contributed by atoms with van der Waals surface area (Å²) in [5.41, 5.74) is 0.163. The average molecular weight is 298 g/mol. The third kappa shape index (κ3) is 2.51. The Labute approximate surface area is 116 Å². The summed E-state index contributed by atoms with van der Waals surface area (Å²) in [6.45, 7) is 0. The van der Waals surface area contributed by atoms with Gasteiger partial charge >= 0.3 is 6.18 Å². The lowest BCUT2D eigenvalue weighted by atomic mass is 10.3. The number of halogens is 3. The van der Waals surface area contributed by atoms with Gasteiger partial charge in [-0.05, 0) is 6.07 Å². The zero-order valence-corrected chi connectivity index (χ0v) is 10.9. The number of thioether (sulfide) groups is 1. The van der Waals surface area contributed by atoms with E-state index in [0.717, 1.165) is 16.9 Å². The maximum absolute atomic E-state index is 12.7. The molecular formula is C12H9F3N4S. The first-order valence-corrected chi connectivity index (χ1v) is 6.68. The van der Waals surface area contributed by atoms with Gasteiger partial charge in [0.2, 0.25) is 0 Å². The van der Waals surface area contributed by atoms with Crippen molar-refractivity contribution in [2.75, 3.05) is 0 Å². The third-order valence-electron chi connectivity index (χ3n) is 2.69. The number of rotatable bonds is 3. The highest BCUT2D eigenvalue weighted by atomic mass is 32.2. The van der Waals surface area contributed by atoms with Gasteiger partial charge in [0.25, 0.3) is 0 Å². The fraction of sp³-hybridized carbons (Fsp3) is 0.167. The Balaban J connectivity index is 1.92. The second kappa shape index (κ2) is 4.86. The van der Waals surface area contributed by atoms with Gasteiger partial charge in [-0.2, -0.15) is 13.2 Å². The van der Waals surface area contributed by atoms with Crippen LogP contribution in [0.2, 0.25) is 0 Å². The molecule has 3 aromatic rings. The van der Waals surface area contributed by atoms with Crippen molar-refractivity contribution in [2.24, 2.45) is 0 Å². The van der Waals surface area contributed by atoms with Crippen LogP contribution in [0.15, 0.2) is 42.1 Å². The van der Waals surface area contributed by atoms with Gasteiger partial charge in [0.05, 0.1) is 0 Å². The first-order chi connectivity index (χ1) is 9.54. The summed E-state index contributed by atoms with van der Waals surface area (Å²) in [7, 11) is 0. The highest BCUT2D eigenvalue weighted by Gasteiger charge is 2.34. The highest BCUT2D eigenvalue weighted by Crippen LogP contribution is 2.30. The topological polar surface area (TPSA) is 46.0 Å².